The van der Waals surface area contributed by atoms with Crippen LogP contribution in [-0.2, 0) is 16.4 Å². The third kappa shape index (κ3) is 5.64. The van der Waals surface area contributed by atoms with E-state index in [-0.39, 0.29) is 16.5 Å². The van der Waals surface area contributed by atoms with Gasteiger partial charge in [-0.05, 0) is 74.8 Å². The van der Waals surface area contributed by atoms with Crippen LogP contribution in [0, 0.1) is 5.92 Å². The van der Waals surface area contributed by atoms with Crippen LogP contribution in [0.4, 0.5) is 4.79 Å². The summed E-state index contributed by atoms with van der Waals surface area (Å²) in [6, 6.07) is 11.7. The van der Waals surface area contributed by atoms with Gasteiger partial charge in [-0.3, -0.25) is 9.36 Å². The Morgan fingerprint density at radius 2 is 1.71 bits per heavy atom. The maximum Gasteiger partial charge on any atom is 0.329 e. The number of fused-ring (bicyclic) bond motifs is 1. The van der Waals surface area contributed by atoms with Gasteiger partial charge in [0.2, 0.25) is 0 Å². The Balaban J connectivity index is 1.43. The van der Waals surface area contributed by atoms with Crippen LogP contribution in [0.1, 0.15) is 51.1 Å². The van der Waals surface area contributed by atoms with Crippen molar-refractivity contribution in [3.05, 3.63) is 74.9 Å². The van der Waals surface area contributed by atoms with Gasteiger partial charge in [0.05, 0.1) is 15.8 Å². The van der Waals surface area contributed by atoms with Crippen molar-refractivity contribution in [2.75, 3.05) is 0 Å². The highest BCUT2D eigenvalue weighted by molar-refractivity contribution is 7.90. The summed E-state index contributed by atoms with van der Waals surface area (Å²) in [6.45, 7) is 3.93. The summed E-state index contributed by atoms with van der Waals surface area (Å²) in [5.41, 5.74) is 0.355. The number of carbonyl (C=O) groups is 1. The van der Waals surface area contributed by atoms with E-state index in [1.165, 1.54) is 16.7 Å². The number of hydrogen-bond donors (Lipinski definition) is 3. The number of H-pyrrole nitrogens is 1. The second kappa shape index (κ2) is 10.1. The molecule has 1 aliphatic rings. The standard InChI is InChI=1S/C25H30N4O5S/c1-16-7-11-19(12-8-16)26-24(31)28-35(33,34)20-13-9-18(10-14-20)15-17(2)29-23(30)21-5-3-4-6-22(21)27-25(29)32/h3-6,9-10,13-14,16-17,19H,7-8,11-12,15H2,1-2H3,(H,27,32)(H2,26,28,31). The lowest BCUT2D eigenvalue weighted by molar-refractivity contribution is 0.233. The first-order valence-corrected chi connectivity index (χ1v) is 13.3. The minimum absolute atomic E-state index is 0.0214. The molecule has 1 fully saturated rings. The largest absolute Gasteiger partial charge is 0.335 e. The first-order valence-electron chi connectivity index (χ1n) is 11.8. The molecule has 0 aliphatic heterocycles. The molecule has 186 valence electrons. The molecule has 4 rings (SSSR count). The number of sulfonamides is 1. The predicted molar refractivity (Wildman–Crippen MR) is 134 cm³/mol. The van der Waals surface area contributed by atoms with Gasteiger partial charge in [0.25, 0.3) is 15.6 Å². The molecule has 1 aromatic heterocycles. The van der Waals surface area contributed by atoms with E-state index >= 15 is 0 Å². The van der Waals surface area contributed by atoms with Crippen molar-refractivity contribution >= 4 is 27.0 Å². The number of aromatic nitrogens is 2. The second-order valence-electron chi connectivity index (χ2n) is 9.38. The summed E-state index contributed by atoms with van der Waals surface area (Å²) >= 11 is 0. The molecule has 1 heterocycles. The van der Waals surface area contributed by atoms with E-state index in [1.54, 1.807) is 43.3 Å². The zero-order chi connectivity index (χ0) is 25.2. The number of nitrogens with one attached hydrogen (secondary N) is 3. The van der Waals surface area contributed by atoms with Gasteiger partial charge in [-0.2, -0.15) is 0 Å². The highest BCUT2D eigenvalue weighted by Crippen LogP contribution is 2.23. The van der Waals surface area contributed by atoms with E-state index in [9.17, 15) is 22.8 Å². The van der Waals surface area contributed by atoms with Gasteiger partial charge in [0.15, 0.2) is 0 Å². The fraction of sp³-hybridized carbons (Fsp3) is 0.400. The Kier molecular flexibility index (Phi) is 7.11. The van der Waals surface area contributed by atoms with Gasteiger partial charge in [0, 0.05) is 12.1 Å². The van der Waals surface area contributed by atoms with E-state index in [1.807, 2.05) is 0 Å². The van der Waals surface area contributed by atoms with Gasteiger partial charge in [-0.25, -0.2) is 22.7 Å². The number of carbonyl (C=O) groups excluding carboxylic acids is 1. The molecule has 0 saturated heterocycles. The summed E-state index contributed by atoms with van der Waals surface area (Å²) in [6.07, 6.45) is 4.04. The van der Waals surface area contributed by atoms with Crippen LogP contribution < -0.4 is 21.3 Å². The van der Waals surface area contributed by atoms with Gasteiger partial charge >= 0.3 is 11.7 Å². The average Bonchev–Trinajstić information content (AvgIpc) is 2.80. The number of amides is 2. The molecule has 1 aliphatic carbocycles. The first-order chi connectivity index (χ1) is 16.6. The topological polar surface area (TPSA) is 130 Å². The SMILES string of the molecule is CC1CCC(NC(=O)NS(=O)(=O)c2ccc(CC(C)n3c(=O)[nH]c4ccccc4c3=O)cc2)CC1. The van der Waals surface area contributed by atoms with E-state index in [4.69, 9.17) is 0 Å². The minimum atomic E-state index is -4.03. The summed E-state index contributed by atoms with van der Waals surface area (Å²) in [7, 11) is -4.03. The van der Waals surface area contributed by atoms with E-state index in [0.717, 1.165) is 31.2 Å². The quantitative estimate of drug-likeness (QED) is 0.481. The molecule has 2 amide bonds. The van der Waals surface area contributed by atoms with Crippen molar-refractivity contribution in [3.8, 4) is 0 Å². The van der Waals surface area contributed by atoms with Crippen LogP contribution in [0.2, 0.25) is 0 Å². The Morgan fingerprint density at radius 1 is 1.06 bits per heavy atom. The smallest absolute Gasteiger partial charge is 0.329 e. The monoisotopic (exact) mass is 498 g/mol. The maximum atomic E-state index is 12.8. The van der Waals surface area contributed by atoms with E-state index in [2.05, 4.69) is 21.9 Å². The zero-order valence-electron chi connectivity index (χ0n) is 19.8. The number of nitrogens with zero attached hydrogens (tertiary/aromatic N) is 1. The number of rotatable bonds is 6. The number of para-hydroxylation sites is 1. The highest BCUT2D eigenvalue weighted by Gasteiger charge is 2.23. The lowest BCUT2D eigenvalue weighted by Gasteiger charge is -2.26. The summed E-state index contributed by atoms with van der Waals surface area (Å²) in [5, 5.41) is 3.17. The van der Waals surface area contributed by atoms with Crippen LogP contribution >= 0.6 is 0 Å². The number of benzene rings is 2. The molecular formula is C25H30N4O5S. The summed E-state index contributed by atoms with van der Waals surface area (Å²) < 4.78 is 28.5. The van der Waals surface area contributed by atoms with Crippen molar-refractivity contribution in [2.24, 2.45) is 5.92 Å². The molecule has 10 heteroatoms. The molecule has 0 radical (unpaired) electrons. The lowest BCUT2D eigenvalue weighted by atomic mass is 9.87. The van der Waals surface area contributed by atoms with E-state index < -0.39 is 27.8 Å². The zero-order valence-corrected chi connectivity index (χ0v) is 20.6. The van der Waals surface area contributed by atoms with Crippen molar-refractivity contribution in [1.29, 1.82) is 0 Å². The third-order valence-electron chi connectivity index (χ3n) is 6.62. The molecule has 1 saturated carbocycles. The summed E-state index contributed by atoms with van der Waals surface area (Å²) in [4.78, 5) is 40.3. The predicted octanol–water partition coefficient (Wildman–Crippen LogP) is 3.06. The molecule has 1 unspecified atom stereocenters. The van der Waals surface area contributed by atoms with Gasteiger partial charge < -0.3 is 10.3 Å². The maximum absolute atomic E-state index is 12.8. The molecule has 3 aromatic rings. The Hall–Kier alpha value is -3.40. The molecule has 0 bridgehead atoms. The van der Waals surface area contributed by atoms with Crippen molar-refractivity contribution in [1.82, 2.24) is 19.6 Å². The lowest BCUT2D eigenvalue weighted by Crippen LogP contribution is -2.45. The molecule has 2 aromatic carbocycles. The van der Waals surface area contributed by atoms with Crippen molar-refractivity contribution < 1.29 is 13.2 Å². The van der Waals surface area contributed by atoms with Crippen molar-refractivity contribution in [2.45, 2.75) is 62.9 Å². The molecule has 35 heavy (non-hydrogen) atoms. The number of aromatic amines is 1. The Labute approximate surface area is 203 Å². The van der Waals surface area contributed by atoms with Crippen LogP contribution in [0.5, 0.6) is 0 Å². The minimum Gasteiger partial charge on any atom is -0.335 e. The fourth-order valence-electron chi connectivity index (χ4n) is 4.61. The number of urea groups is 1. The van der Waals surface area contributed by atoms with Crippen molar-refractivity contribution in [3.63, 3.8) is 0 Å². The Bertz CT molecular complexity index is 1440. The normalized spacial score (nSPS) is 19.3. The number of hydrogen-bond acceptors (Lipinski definition) is 5. The molecular weight excluding hydrogens is 468 g/mol. The van der Waals surface area contributed by atoms with Crippen LogP contribution in [0.25, 0.3) is 10.9 Å². The third-order valence-corrected chi connectivity index (χ3v) is 7.97. The molecule has 9 nitrogen and oxygen atoms in total. The fourth-order valence-corrected chi connectivity index (χ4v) is 5.53. The van der Waals surface area contributed by atoms with Crippen LogP contribution in [0.15, 0.2) is 63.0 Å². The van der Waals surface area contributed by atoms with Gasteiger partial charge in [-0.1, -0.05) is 31.2 Å². The van der Waals surface area contributed by atoms with Gasteiger partial charge in [0.1, 0.15) is 0 Å². The molecule has 3 N–H and O–H groups in total. The molecule has 1 atom stereocenters. The first kappa shape index (κ1) is 24.7. The summed E-state index contributed by atoms with van der Waals surface area (Å²) in [5.74, 6) is 0.624. The Morgan fingerprint density at radius 3 is 2.40 bits per heavy atom. The van der Waals surface area contributed by atoms with Crippen LogP contribution in [-0.4, -0.2) is 30.0 Å². The molecule has 0 spiro atoms. The highest BCUT2D eigenvalue weighted by atomic mass is 32.2. The van der Waals surface area contributed by atoms with E-state index in [0.29, 0.717) is 23.2 Å². The van der Waals surface area contributed by atoms with Crippen LogP contribution in [0.3, 0.4) is 0 Å². The van der Waals surface area contributed by atoms with Gasteiger partial charge in [-0.15, -0.1) is 0 Å². The average molecular weight is 499 g/mol. The second-order valence-corrected chi connectivity index (χ2v) is 11.1.